The molecular formula is C6H10Cl2O. The van der Waals surface area contributed by atoms with E-state index >= 15 is 0 Å². The van der Waals surface area contributed by atoms with E-state index < -0.39 is 10.8 Å². The fourth-order valence-corrected chi connectivity index (χ4v) is 0.856. The molecule has 0 bridgehead atoms. The molecule has 0 heterocycles. The number of Topliss-reactive ketones (excluding diaryl/α,β-unsaturated/α-hetero) is 1. The first-order valence-corrected chi connectivity index (χ1v) is 3.78. The molecular weight excluding hydrogens is 159 g/mol. The number of rotatable bonds is 3. The maximum absolute atomic E-state index is 10.8. The minimum Gasteiger partial charge on any atom is -0.296 e. The molecule has 0 saturated carbocycles. The van der Waals surface area contributed by atoms with Gasteiger partial charge in [-0.3, -0.25) is 4.79 Å². The second kappa shape index (κ2) is 4.13. The number of hydrogen-bond acceptors (Lipinski definition) is 1. The van der Waals surface area contributed by atoms with E-state index in [2.05, 4.69) is 0 Å². The molecule has 1 nitrogen and oxygen atoms in total. The van der Waals surface area contributed by atoms with Crippen LogP contribution in [-0.4, -0.2) is 16.5 Å². The van der Waals surface area contributed by atoms with Crippen molar-refractivity contribution >= 4 is 29.0 Å². The summed E-state index contributed by atoms with van der Waals surface area (Å²) in [5.74, 6) is -0.0826. The molecule has 0 fully saturated rings. The topological polar surface area (TPSA) is 17.1 Å². The average molecular weight is 169 g/mol. The summed E-state index contributed by atoms with van der Waals surface area (Å²) in [6.45, 7) is 3.49. The molecule has 54 valence electrons. The summed E-state index contributed by atoms with van der Waals surface area (Å²) in [6.07, 6.45) is 0.650. The van der Waals surface area contributed by atoms with E-state index in [0.717, 1.165) is 0 Å². The van der Waals surface area contributed by atoms with E-state index in [0.29, 0.717) is 6.42 Å². The van der Waals surface area contributed by atoms with Gasteiger partial charge in [-0.25, -0.2) is 0 Å². The lowest BCUT2D eigenvalue weighted by Crippen LogP contribution is -2.21. The Labute approximate surface area is 65.3 Å². The molecule has 0 amide bonds. The highest BCUT2D eigenvalue weighted by Gasteiger charge is 2.17. The highest BCUT2D eigenvalue weighted by Crippen LogP contribution is 2.08. The fourth-order valence-electron chi connectivity index (χ4n) is 0.450. The van der Waals surface area contributed by atoms with E-state index in [4.69, 9.17) is 23.2 Å². The van der Waals surface area contributed by atoms with Crippen molar-refractivity contribution in [2.75, 3.05) is 0 Å². The molecule has 9 heavy (non-hydrogen) atoms. The normalized spacial score (nSPS) is 16.9. The Bertz CT molecular complexity index is 101. The van der Waals surface area contributed by atoms with Gasteiger partial charge in [-0.05, 0) is 13.3 Å². The molecule has 0 aliphatic heterocycles. The Hall–Kier alpha value is 0.250. The van der Waals surface area contributed by atoms with Crippen LogP contribution in [0.1, 0.15) is 20.3 Å². The Morgan fingerprint density at radius 2 is 2.00 bits per heavy atom. The highest BCUT2D eigenvalue weighted by molar-refractivity contribution is 6.39. The van der Waals surface area contributed by atoms with Crippen LogP contribution >= 0.6 is 23.2 Å². The van der Waals surface area contributed by atoms with Crippen LogP contribution in [0.2, 0.25) is 0 Å². The third-order valence-electron chi connectivity index (χ3n) is 1.06. The molecule has 0 aromatic rings. The summed E-state index contributed by atoms with van der Waals surface area (Å²) < 4.78 is 0. The molecule has 2 atom stereocenters. The van der Waals surface area contributed by atoms with Crippen molar-refractivity contribution in [3.8, 4) is 0 Å². The maximum atomic E-state index is 10.8. The van der Waals surface area contributed by atoms with Crippen molar-refractivity contribution in [2.24, 2.45) is 0 Å². The van der Waals surface area contributed by atoms with Crippen molar-refractivity contribution in [3.63, 3.8) is 0 Å². The summed E-state index contributed by atoms with van der Waals surface area (Å²) in [4.78, 5) is 10.8. The van der Waals surface area contributed by atoms with Gasteiger partial charge in [-0.1, -0.05) is 6.92 Å². The van der Waals surface area contributed by atoms with Crippen LogP contribution in [0.15, 0.2) is 0 Å². The zero-order valence-corrected chi connectivity index (χ0v) is 7.04. The lowest BCUT2D eigenvalue weighted by Gasteiger charge is -2.05. The molecule has 0 spiro atoms. The molecule has 0 aliphatic carbocycles. The molecule has 0 aromatic carbocycles. The van der Waals surface area contributed by atoms with Gasteiger partial charge in [0.2, 0.25) is 0 Å². The van der Waals surface area contributed by atoms with E-state index in [-0.39, 0.29) is 5.78 Å². The largest absolute Gasteiger partial charge is 0.296 e. The number of hydrogen-bond donors (Lipinski definition) is 0. The Balaban J connectivity index is 3.73. The van der Waals surface area contributed by atoms with Crippen LogP contribution in [0.25, 0.3) is 0 Å². The van der Waals surface area contributed by atoms with Crippen molar-refractivity contribution in [1.29, 1.82) is 0 Å². The first kappa shape index (κ1) is 9.25. The predicted molar refractivity (Wildman–Crippen MR) is 40.3 cm³/mol. The first-order chi connectivity index (χ1) is 4.09. The molecule has 0 aliphatic rings. The van der Waals surface area contributed by atoms with Crippen LogP contribution in [-0.2, 0) is 4.79 Å². The number of carbonyl (C=O) groups excluding carboxylic acids is 1. The minimum absolute atomic E-state index is 0.0826. The van der Waals surface area contributed by atoms with Crippen LogP contribution in [0, 0.1) is 0 Å². The third kappa shape index (κ3) is 3.07. The molecule has 0 aromatic heterocycles. The maximum Gasteiger partial charge on any atom is 0.168 e. The zero-order chi connectivity index (χ0) is 7.44. The van der Waals surface area contributed by atoms with Gasteiger partial charge in [0.1, 0.15) is 0 Å². The van der Waals surface area contributed by atoms with Gasteiger partial charge in [0.25, 0.3) is 0 Å². The van der Waals surface area contributed by atoms with Gasteiger partial charge in [-0.15, -0.1) is 23.2 Å². The van der Waals surface area contributed by atoms with E-state index in [1.165, 1.54) is 0 Å². The third-order valence-corrected chi connectivity index (χ3v) is 1.80. The van der Waals surface area contributed by atoms with Gasteiger partial charge in [0.05, 0.1) is 10.8 Å². The molecule has 0 N–H and O–H groups in total. The van der Waals surface area contributed by atoms with Gasteiger partial charge >= 0.3 is 0 Å². The van der Waals surface area contributed by atoms with Crippen molar-refractivity contribution < 1.29 is 4.79 Å². The number of ketones is 1. The molecule has 0 radical (unpaired) electrons. The van der Waals surface area contributed by atoms with Gasteiger partial charge < -0.3 is 0 Å². The minimum atomic E-state index is -0.451. The second-order valence-electron chi connectivity index (χ2n) is 1.89. The van der Waals surface area contributed by atoms with Crippen molar-refractivity contribution in [1.82, 2.24) is 0 Å². The lowest BCUT2D eigenvalue weighted by atomic mass is 10.2. The molecule has 3 heteroatoms. The fraction of sp³-hybridized carbons (Fsp3) is 0.833. The smallest absolute Gasteiger partial charge is 0.168 e. The number of alkyl halides is 2. The number of carbonyl (C=O) groups is 1. The molecule has 0 saturated heterocycles. The summed E-state index contributed by atoms with van der Waals surface area (Å²) in [5.41, 5.74) is 0. The lowest BCUT2D eigenvalue weighted by molar-refractivity contribution is -0.118. The molecule has 2 unspecified atom stereocenters. The molecule has 0 rings (SSSR count). The van der Waals surface area contributed by atoms with Gasteiger partial charge in [0, 0.05) is 0 Å². The van der Waals surface area contributed by atoms with Crippen LogP contribution in [0.4, 0.5) is 0 Å². The zero-order valence-electron chi connectivity index (χ0n) is 5.53. The van der Waals surface area contributed by atoms with Crippen LogP contribution in [0.5, 0.6) is 0 Å². The van der Waals surface area contributed by atoms with Crippen molar-refractivity contribution in [2.45, 2.75) is 31.0 Å². The van der Waals surface area contributed by atoms with Gasteiger partial charge in [-0.2, -0.15) is 0 Å². The Morgan fingerprint density at radius 1 is 1.56 bits per heavy atom. The van der Waals surface area contributed by atoms with E-state index in [1.54, 1.807) is 6.92 Å². The summed E-state index contributed by atoms with van der Waals surface area (Å²) in [5, 5.41) is -0.857. The predicted octanol–water partition coefficient (Wildman–Crippen LogP) is 2.20. The Morgan fingerprint density at radius 3 is 2.11 bits per heavy atom. The summed E-state index contributed by atoms with van der Waals surface area (Å²) in [7, 11) is 0. The van der Waals surface area contributed by atoms with Crippen LogP contribution in [0.3, 0.4) is 0 Å². The average Bonchev–Trinajstić information content (AvgIpc) is 1.84. The van der Waals surface area contributed by atoms with E-state index in [9.17, 15) is 4.79 Å². The van der Waals surface area contributed by atoms with Crippen LogP contribution < -0.4 is 0 Å². The summed E-state index contributed by atoms with van der Waals surface area (Å²) in [6, 6.07) is 0. The quantitative estimate of drug-likeness (QED) is 0.592. The van der Waals surface area contributed by atoms with Crippen molar-refractivity contribution in [3.05, 3.63) is 0 Å². The SMILES string of the molecule is CCC(Cl)C(=O)C(C)Cl. The summed E-state index contributed by atoms with van der Waals surface area (Å²) >= 11 is 11.0. The Kier molecular flexibility index (Phi) is 4.24. The van der Waals surface area contributed by atoms with Gasteiger partial charge in [0.15, 0.2) is 5.78 Å². The second-order valence-corrected chi connectivity index (χ2v) is 3.08. The van der Waals surface area contributed by atoms with E-state index in [1.807, 2.05) is 6.92 Å². The first-order valence-electron chi connectivity index (χ1n) is 2.91. The number of halogens is 2. The standard InChI is InChI=1S/C6H10Cl2O/c1-3-5(8)6(9)4(2)7/h4-5H,3H2,1-2H3. The highest BCUT2D eigenvalue weighted by atomic mass is 35.5. The monoisotopic (exact) mass is 168 g/mol.